The zero-order valence-corrected chi connectivity index (χ0v) is 15.3. The van der Waals surface area contributed by atoms with Crippen LogP contribution in [-0.4, -0.2) is 29.2 Å². The highest BCUT2D eigenvalue weighted by molar-refractivity contribution is 6.22. The van der Waals surface area contributed by atoms with Crippen LogP contribution in [0.5, 0.6) is 0 Å². The lowest BCUT2D eigenvalue weighted by Crippen LogP contribution is -2.37. The maximum atomic E-state index is 12.3. The van der Waals surface area contributed by atoms with Crippen molar-refractivity contribution in [2.75, 3.05) is 11.9 Å². The highest BCUT2D eigenvalue weighted by Gasteiger charge is 2.36. The Morgan fingerprint density at radius 2 is 1.24 bits per heavy atom. The lowest BCUT2D eigenvalue weighted by atomic mass is 10.1. The maximum Gasteiger partial charge on any atom is 0.262 e. The predicted octanol–water partition coefficient (Wildman–Crippen LogP) is 4.34. The number of anilines is 1. The molecule has 0 atom stereocenters. The molecule has 0 saturated heterocycles. The van der Waals surface area contributed by atoms with Gasteiger partial charge in [0.1, 0.15) is 6.54 Å². The molecule has 142 valence electrons. The normalized spacial score (nSPS) is 13.0. The van der Waals surface area contributed by atoms with Crippen molar-refractivity contribution >= 4 is 34.8 Å². The number of fused-ring (bicyclic) bond motifs is 1. The molecule has 0 radical (unpaired) electrons. The molecule has 1 aliphatic heterocycles. The molecule has 1 N–H and O–H groups in total. The number of rotatable bonds is 5. The molecule has 1 heterocycles. The van der Waals surface area contributed by atoms with Gasteiger partial charge in [0.2, 0.25) is 5.91 Å². The van der Waals surface area contributed by atoms with Crippen LogP contribution in [0.25, 0.3) is 0 Å². The van der Waals surface area contributed by atoms with Crippen molar-refractivity contribution in [3.63, 3.8) is 0 Å². The number of imide groups is 1. The molecule has 0 unspecified atom stereocenters. The number of nitrogens with zero attached hydrogens (tertiary/aromatic N) is 3. The van der Waals surface area contributed by atoms with E-state index in [0.29, 0.717) is 22.5 Å². The fourth-order valence-electron chi connectivity index (χ4n) is 2.95. The van der Waals surface area contributed by atoms with E-state index in [2.05, 4.69) is 15.5 Å². The minimum atomic E-state index is -0.461. The first-order chi connectivity index (χ1) is 14.1. The van der Waals surface area contributed by atoms with Gasteiger partial charge in [-0.05, 0) is 48.5 Å². The summed E-state index contributed by atoms with van der Waals surface area (Å²) in [6, 6.07) is 22.7. The Morgan fingerprint density at radius 1 is 0.724 bits per heavy atom. The van der Waals surface area contributed by atoms with E-state index in [9.17, 15) is 14.4 Å². The van der Waals surface area contributed by atoms with E-state index in [0.717, 1.165) is 10.6 Å². The summed E-state index contributed by atoms with van der Waals surface area (Å²) in [7, 11) is 0. The van der Waals surface area contributed by atoms with Crippen molar-refractivity contribution in [3.8, 4) is 0 Å². The average Bonchev–Trinajstić information content (AvgIpc) is 2.99. The molecule has 3 aromatic rings. The molecule has 4 rings (SSSR count). The van der Waals surface area contributed by atoms with Gasteiger partial charge in [0.15, 0.2) is 0 Å². The molecule has 0 saturated carbocycles. The maximum absolute atomic E-state index is 12.3. The van der Waals surface area contributed by atoms with Crippen LogP contribution in [0.3, 0.4) is 0 Å². The van der Waals surface area contributed by atoms with Crippen LogP contribution in [0.4, 0.5) is 17.1 Å². The SMILES string of the molecule is O=C(CN1C(=O)c2ccccc2C1=O)Nc1ccc(N=Nc2ccccc2)cc1. The van der Waals surface area contributed by atoms with E-state index in [1.807, 2.05) is 30.3 Å². The molecular weight excluding hydrogens is 368 g/mol. The summed E-state index contributed by atoms with van der Waals surface area (Å²) >= 11 is 0. The summed E-state index contributed by atoms with van der Waals surface area (Å²) in [5.41, 5.74) is 2.54. The average molecular weight is 384 g/mol. The Hall–Kier alpha value is -4.13. The number of nitrogens with one attached hydrogen (secondary N) is 1. The first kappa shape index (κ1) is 18.2. The van der Waals surface area contributed by atoms with Crippen molar-refractivity contribution in [3.05, 3.63) is 90.0 Å². The fourth-order valence-corrected chi connectivity index (χ4v) is 2.95. The number of hydrogen-bond acceptors (Lipinski definition) is 5. The standard InChI is InChI=1S/C22H16N4O3/c27-20(14-26-21(28)18-8-4-5-9-19(18)22(26)29)23-15-10-12-17(13-11-15)25-24-16-6-2-1-3-7-16/h1-13H,14H2,(H,23,27). The zero-order chi connectivity index (χ0) is 20.2. The molecule has 29 heavy (non-hydrogen) atoms. The van der Waals surface area contributed by atoms with E-state index in [1.165, 1.54) is 0 Å². The second-order valence-corrected chi connectivity index (χ2v) is 6.37. The number of benzene rings is 3. The molecule has 0 spiro atoms. The lowest BCUT2D eigenvalue weighted by Gasteiger charge is -2.13. The van der Waals surface area contributed by atoms with Gasteiger partial charge in [-0.3, -0.25) is 19.3 Å². The van der Waals surface area contributed by atoms with Crippen LogP contribution in [-0.2, 0) is 4.79 Å². The number of carbonyl (C=O) groups is 3. The first-order valence-corrected chi connectivity index (χ1v) is 8.94. The fraction of sp³-hybridized carbons (Fsp3) is 0.0455. The van der Waals surface area contributed by atoms with Crippen molar-refractivity contribution in [1.82, 2.24) is 4.90 Å². The first-order valence-electron chi connectivity index (χ1n) is 8.94. The predicted molar refractivity (Wildman–Crippen MR) is 107 cm³/mol. The van der Waals surface area contributed by atoms with Crippen LogP contribution in [0.1, 0.15) is 20.7 Å². The van der Waals surface area contributed by atoms with E-state index < -0.39 is 17.7 Å². The summed E-state index contributed by atoms with van der Waals surface area (Å²) in [5, 5.41) is 10.9. The van der Waals surface area contributed by atoms with Crippen LogP contribution < -0.4 is 5.32 Å². The third kappa shape index (κ3) is 3.93. The van der Waals surface area contributed by atoms with Crippen molar-refractivity contribution in [2.45, 2.75) is 0 Å². The van der Waals surface area contributed by atoms with Crippen molar-refractivity contribution < 1.29 is 14.4 Å². The van der Waals surface area contributed by atoms with Gasteiger partial charge in [0, 0.05) is 5.69 Å². The van der Waals surface area contributed by atoms with Gasteiger partial charge in [0.25, 0.3) is 11.8 Å². The quantitative estimate of drug-likeness (QED) is 0.524. The number of hydrogen-bond donors (Lipinski definition) is 1. The Balaban J connectivity index is 1.37. The topological polar surface area (TPSA) is 91.2 Å². The minimum Gasteiger partial charge on any atom is -0.325 e. The van der Waals surface area contributed by atoms with Gasteiger partial charge in [0.05, 0.1) is 22.5 Å². The Kier molecular flexibility index (Phi) is 4.94. The highest BCUT2D eigenvalue weighted by Crippen LogP contribution is 2.23. The monoisotopic (exact) mass is 384 g/mol. The van der Waals surface area contributed by atoms with Crippen LogP contribution in [0, 0.1) is 0 Å². The van der Waals surface area contributed by atoms with Crippen LogP contribution in [0.2, 0.25) is 0 Å². The van der Waals surface area contributed by atoms with E-state index in [4.69, 9.17) is 0 Å². The van der Waals surface area contributed by atoms with Crippen LogP contribution >= 0.6 is 0 Å². The van der Waals surface area contributed by atoms with Crippen molar-refractivity contribution in [2.24, 2.45) is 10.2 Å². The van der Waals surface area contributed by atoms with E-state index >= 15 is 0 Å². The summed E-state index contributed by atoms with van der Waals surface area (Å²) in [4.78, 5) is 37.9. The number of amides is 3. The zero-order valence-electron chi connectivity index (χ0n) is 15.3. The lowest BCUT2D eigenvalue weighted by molar-refractivity contribution is -0.116. The van der Waals surface area contributed by atoms with Gasteiger partial charge < -0.3 is 5.32 Å². The minimum absolute atomic E-state index is 0.318. The molecular formula is C22H16N4O3. The molecule has 7 nitrogen and oxygen atoms in total. The van der Waals surface area contributed by atoms with Crippen LogP contribution in [0.15, 0.2) is 89.1 Å². The number of azo groups is 1. The molecule has 3 aromatic carbocycles. The molecule has 0 aromatic heterocycles. The smallest absolute Gasteiger partial charge is 0.262 e. The summed E-state index contributed by atoms with van der Waals surface area (Å²) in [5.74, 6) is -1.38. The largest absolute Gasteiger partial charge is 0.325 e. The third-order valence-corrected chi connectivity index (χ3v) is 4.37. The Morgan fingerprint density at radius 3 is 1.83 bits per heavy atom. The second kappa shape index (κ2) is 7.85. The van der Waals surface area contributed by atoms with Gasteiger partial charge in [-0.25, -0.2) is 0 Å². The summed E-state index contributed by atoms with van der Waals surface area (Å²) < 4.78 is 0. The highest BCUT2D eigenvalue weighted by atomic mass is 16.2. The van der Waals surface area contributed by atoms with Gasteiger partial charge in [-0.1, -0.05) is 30.3 Å². The summed E-state index contributed by atoms with van der Waals surface area (Å²) in [6.45, 7) is -0.345. The molecule has 0 bridgehead atoms. The summed E-state index contributed by atoms with van der Waals surface area (Å²) in [6.07, 6.45) is 0. The van der Waals surface area contributed by atoms with Gasteiger partial charge in [-0.2, -0.15) is 10.2 Å². The number of carbonyl (C=O) groups excluding carboxylic acids is 3. The van der Waals surface area contributed by atoms with E-state index in [1.54, 1.807) is 48.5 Å². The second-order valence-electron chi connectivity index (χ2n) is 6.37. The molecule has 1 aliphatic rings. The molecule has 3 amide bonds. The molecule has 7 heteroatoms. The van der Waals surface area contributed by atoms with Gasteiger partial charge in [-0.15, -0.1) is 0 Å². The third-order valence-electron chi connectivity index (χ3n) is 4.37. The molecule has 0 aliphatic carbocycles. The molecule has 0 fully saturated rings. The van der Waals surface area contributed by atoms with Crippen molar-refractivity contribution in [1.29, 1.82) is 0 Å². The van der Waals surface area contributed by atoms with E-state index in [-0.39, 0.29) is 6.54 Å². The van der Waals surface area contributed by atoms with Gasteiger partial charge >= 0.3 is 0 Å². The Labute approximate surface area is 166 Å². The Bertz CT molecular complexity index is 1070.